The molecule has 3 heteroatoms. The molecule has 0 radical (unpaired) electrons. The van der Waals surface area contributed by atoms with Crippen molar-refractivity contribution >= 4 is 11.3 Å². The molecule has 0 spiro atoms. The highest BCUT2D eigenvalue weighted by Crippen LogP contribution is 2.18. The first-order valence-electron chi connectivity index (χ1n) is 4.97. The lowest BCUT2D eigenvalue weighted by Gasteiger charge is -2.31. The lowest BCUT2D eigenvalue weighted by atomic mass is 9.94. The Morgan fingerprint density at radius 3 is 2.79 bits per heavy atom. The first kappa shape index (κ1) is 11.7. The van der Waals surface area contributed by atoms with E-state index in [0.29, 0.717) is 6.61 Å². The number of hydrogen-bond acceptors (Lipinski definition) is 3. The fraction of sp³-hybridized carbons (Fsp3) is 0.636. The summed E-state index contributed by atoms with van der Waals surface area (Å²) in [7, 11) is 0. The Balaban J connectivity index is 2.52. The number of ether oxygens (including phenoxy) is 1. The SMILES string of the molecule is CCOC(C)(C)C(N)Cc1ccsc1. The zero-order chi connectivity index (χ0) is 10.6. The normalized spacial score (nSPS) is 14.3. The monoisotopic (exact) mass is 213 g/mol. The van der Waals surface area contributed by atoms with E-state index in [2.05, 4.69) is 16.8 Å². The third-order valence-corrected chi connectivity index (χ3v) is 3.18. The second-order valence-electron chi connectivity index (χ2n) is 3.98. The number of rotatable bonds is 5. The molecule has 0 aromatic carbocycles. The van der Waals surface area contributed by atoms with E-state index in [0.717, 1.165) is 6.42 Å². The summed E-state index contributed by atoms with van der Waals surface area (Å²) in [5, 5.41) is 4.22. The summed E-state index contributed by atoms with van der Waals surface area (Å²) >= 11 is 1.71. The molecule has 1 aromatic heterocycles. The highest BCUT2D eigenvalue weighted by molar-refractivity contribution is 7.07. The van der Waals surface area contributed by atoms with Crippen LogP contribution in [-0.4, -0.2) is 18.2 Å². The largest absolute Gasteiger partial charge is 0.374 e. The predicted molar refractivity (Wildman–Crippen MR) is 61.7 cm³/mol. The minimum Gasteiger partial charge on any atom is -0.374 e. The van der Waals surface area contributed by atoms with Gasteiger partial charge in [0.2, 0.25) is 0 Å². The van der Waals surface area contributed by atoms with Crippen LogP contribution < -0.4 is 5.73 Å². The molecule has 0 bridgehead atoms. The topological polar surface area (TPSA) is 35.2 Å². The van der Waals surface area contributed by atoms with Gasteiger partial charge in [-0.3, -0.25) is 0 Å². The molecule has 0 fully saturated rings. The Labute approximate surface area is 90.1 Å². The maximum atomic E-state index is 6.11. The molecule has 2 N–H and O–H groups in total. The van der Waals surface area contributed by atoms with Gasteiger partial charge in [0.15, 0.2) is 0 Å². The van der Waals surface area contributed by atoms with Gasteiger partial charge in [-0.25, -0.2) is 0 Å². The molecule has 80 valence electrons. The summed E-state index contributed by atoms with van der Waals surface area (Å²) in [5.41, 5.74) is 7.17. The van der Waals surface area contributed by atoms with Crippen molar-refractivity contribution in [3.05, 3.63) is 22.4 Å². The number of nitrogens with two attached hydrogens (primary N) is 1. The van der Waals surface area contributed by atoms with Crippen molar-refractivity contribution in [3.8, 4) is 0 Å². The van der Waals surface area contributed by atoms with Crippen LogP contribution in [0, 0.1) is 0 Å². The van der Waals surface area contributed by atoms with E-state index >= 15 is 0 Å². The molecular weight excluding hydrogens is 194 g/mol. The summed E-state index contributed by atoms with van der Waals surface area (Å²) in [6.45, 7) is 6.81. The lowest BCUT2D eigenvalue weighted by molar-refractivity contribution is -0.0288. The van der Waals surface area contributed by atoms with Crippen LogP contribution in [0.4, 0.5) is 0 Å². The molecular formula is C11H19NOS. The van der Waals surface area contributed by atoms with E-state index in [-0.39, 0.29) is 11.6 Å². The van der Waals surface area contributed by atoms with Crippen molar-refractivity contribution < 1.29 is 4.74 Å². The van der Waals surface area contributed by atoms with Gasteiger partial charge in [-0.2, -0.15) is 11.3 Å². The van der Waals surface area contributed by atoms with E-state index in [1.54, 1.807) is 11.3 Å². The Bertz CT molecular complexity index is 256. The molecule has 2 nitrogen and oxygen atoms in total. The second kappa shape index (κ2) is 4.91. The first-order valence-corrected chi connectivity index (χ1v) is 5.91. The zero-order valence-corrected chi connectivity index (χ0v) is 9.93. The van der Waals surface area contributed by atoms with Crippen LogP contribution >= 0.6 is 11.3 Å². The number of hydrogen-bond donors (Lipinski definition) is 1. The van der Waals surface area contributed by atoms with E-state index in [1.165, 1.54) is 5.56 Å². The van der Waals surface area contributed by atoms with Gasteiger partial charge in [0.05, 0.1) is 5.60 Å². The quantitative estimate of drug-likeness (QED) is 0.815. The van der Waals surface area contributed by atoms with Crippen LogP contribution in [0.25, 0.3) is 0 Å². The highest BCUT2D eigenvalue weighted by atomic mass is 32.1. The molecule has 0 saturated carbocycles. The van der Waals surface area contributed by atoms with Crippen molar-refractivity contribution in [3.63, 3.8) is 0 Å². The Morgan fingerprint density at radius 1 is 1.57 bits per heavy atom. The summed E-state index contributed by atoms with van der Waals surface area (Å²) in [6.07, 6.45) is 0.885. The molecule has 1 heterocycles. The van der Waals surface area contributed by atoms with Gasteiger partial charge in [-0.1, -0.05) is 0 Å². The smallest absolute Gasteiger partial charge is 0.0779 e. The highest BCUT2D eigenvalue weighted by Gasteiger charge is 2.26. The summed E-state index contributed by atoms with van der Waals surface area (Å²) in [4.78, 5) is 0. The maximum absolute atomic E-state index is 6.11. The number of thiophene rings is 1. The Hall–Kier alpha value is -0.380. The van der Waals surface area contributed by atoms with E-state index in [4.69, 9.17) is 10.5 Å². The molecule has 0 saturated heterocycles. The summed E-state index contributed by atoms with van der Waals surface area (Å²) < 4.78 is 5.62. The van der Waals surface area contributed by atoms with Crippen LogP contribution in [-0.2, 0) is 11.2 Å². The first-order chi connectivity index (χ1) is 6.56. The second-order valence-corrected chi connectivity index (χ2v) is 4.76. The Morgan fingerprint density at radius 2 is 2.29 bits per heavy atom. The van der Waals surface area contributed by atoms with E-state index in [1.807, 2.05) is 20.8 Å². The van der Waals surface area contributed by atoms with Crippen LogP contribution in [0.5, 0.6) is 0 Å². The van der Waals surface area contributed by atoms with E-state index < -0.39 is 0 Å². The van der Waals surface area contributed by atoms with Gasteiger partial charge in [-0.15, -0.1) is 0 Å². The molecule has 1 rings (SSSR count). The molecule has 0 aliphatic rings. The minimum absolute atomic E-state index is 0.0528. The van der Waals surface area contributed by atoms with Crippen LogP contribution in [0.1, 0.15) is 26.3 Å². The third kappa shape index (κ3) is 3.08. The van der Waals surface area contributed by atoms with E-state index in [9.17, 15) is 0 Å². The summed E-state index contributed by atoms with van der Waals surface area (Å²) in [5.74, 6) is 0. The lowest BCUT2D eigenvalue weighted by Crippen LogP contribution is -2.46. The molecule has 0 amide bonds. The van der Waals surface area contributed by atoms with Gasteiger partial charge in [0, 0.05) is 12.6 Å². The van der Waals surface area contributed by atoms with Gasteiger partial charge in [-0.05, 0) is 49.6 Å². The average Bonchev–Trinajstić information content (AvgIpc) is 2.56. The van der Waals surface area contributed by atoms with Gasteiger partial charge >= 0.3 is 0 Å². The van der Waals surface area contributed by atoms with Gasteiger partial charge in [0.1, 0.15) is 0 Å². The fourth-order valence-corrected chi connectivity index (χ4v) is 2.07. The summed E-state index contributed by atoms with van der Waals surface area (Å²) in [6, 6.07) is 2.17. The molecule has 14 heavy (non-hydrogen) atoms. The zero-order valence-electron chi connectivity index (χ0n) is 9.12. The van der Waals surface area contributed by atoms with Crippen LogP contribution in [0.3, 0.4) is 0 Å². The van der Waals surface area contributed by atoms with Crippen LogP contribution in [0.15, 0.2) is 16.8 Å². The Kier molecular flexibility index (Phi) is 4.11. The fourth-order valence-electron chi connectivity index (χ4n) is 1.39. The average molecular weight is 213 g/mol. The van der Waals surface area contributed by atoms with Gasteiger partial charge in [0.25, 0.3) is 0 Å². The third-order valence-electron chi connectivity index (χ3n) is 2.45. The van der Waals surface area contributed by atoms with Crippen molar-refractivity contribution in [2.45, 2.75) is 38.8 Å². The van der Waals surface area contributed by atoms with Crippen molar-refractivity contribution in [2.75, 3.05) is 6.61 Å². The molecule has 1 unspecified atom stereocenters. The molecule has 1 aromatic rings. The van der Waals surface area contributed by atoms with Crippen molar-refractivity contribution in [1.29, 1.82) is 0 Å². The van der Waals surface area contributed by atoms with Gasteiger partial charge < -0.3 is 10.5 Å². The van der Waals surface area contributed by atoms with Crippen molar-refractivity contribution in [1.82, 2.24) is 0 Å². The maximum Gasteiger partial charge on any atom is 0.0779 e. The van der Waals surface area contributed by atoms with Crippen LogP contribution in [0.2, 0.25) is 0 Å². The minimum atomic E-state index is -0.239. The standard InChI is InChI=1S/C11H19NOS/c1-4-13-11(2,3)10(12)7-9-5-6-14-8-9/h5-6,8,10H,4,7,12H2,1-3H3. The predicted octanol–water partition coefficient (Wildman–Crippen LogP) is 2.43. The molecule has 0 aliphatic heterocycles. The van der Waals surface area contributed by atoms with Crippen molar-refractivity contribution in [2.24, 2.45) is 5.73 Å². The molecule has 1 atom stereocenters. The molecule has 0 aliphatic carbocycles.